The van der Waals surface area contributed by atoms with Crippen LogP contribution in [0.2, 0.25) is 0 Å². The van der Waals surface area contributed by atoms with E-state index in [0.717, 1.165) is 5.69 Å². The highest BCUT2D eigenvalue weighted by atomic mass is 16.5. The number of aromatic amines is 1. The molecular weight excluding hydrogens is 220 g/mol. The Morgan fingerprint density at radius 1 is 1.29 bits per heavy atom. The van der Waals surface area contributed by atoms with Crippen LogP contribution in [0.5, 0.6) is 5.75 Å². The maximum absolute atomic E-state index is 11.8. The average molecular weight is 234 g/mol. The molecule has 1 aromatic carbocycles. The lowest BCUT2D eigenvalue weighted by molar-refractivity contribution is 0.181. The smallest absolute Gasteiger partial charge is 0.271 e. The monoisotopic (exact) mass is 234 g/mol. The molecule has 17 heavy (non-hydrogen) atoms. The third-order valence-electron chi connectivity index (χ3n) is 2.40. The van der Waals surface area contributed by atoms with Crippen LogP contribution in [-0.4, -0.2) is 24.0 Å². The molecule has 0 aliphatic rings. The molecule has 5 nitrogen and oxygen atoms in total. The second-order valence-electron chi connectivity index (χ2n) is 3.56. The van der Waals surface area contributed by atoms with E-state index in [1.54, 1.807) is 20.3 Å². The van der Waals surface area contributed by atoms with E-state index in [-0.39, 0.29) is 5.56 Å². The Bertz CT molecular complexity index is 557. The van der Waals surface area contributed by atoms with Gasteiger partial charge in [0.05, 0.1) is 19.4 Å². The number of nitrogens with one attached hydrogen (secondary N) is 1. The average Bonchev–Trinajstić information content (AvgIpc) is 2.70. The van der Waals surface area contributed by atoms with E-state index >= 15 is 0 Å². The molecule has 5 heteroatoms. The summed E-state index contributed by atoms with van der Waals surface area (Å²) in [7, 11) is 3.15. The highest BCUT2D eigenvalue weighted by Gasteiger charge is 2.09. The van der Waals surface area contributed by atoms with E-state index < -0.39 is 0 Å². The molecule has 0 bridgehead atoms. The Labute approximate surface area is 98.6 Å². The Hall–Kier alpha value is -2.01. The molecule has 0 spiro atoms. The van der Waals surface area contributed by atoms with Gasteiger partial charge in [-0.2, -0.15) is 0 Å². The summed E-state index contributed by atoms with van der Waals surface area (Å²) >= 11 is 0. The molecule has 0 radical (unpaired) electrons. The Morgan fingerprint density at radius 3 is 2.76 bits per heavy atom. The third-order valence-corrected chi connectivity index (χ3v) is 2.40. The van der Waals surface area contributed by atoms with Crippen molar-refractivity contribution < 1.29 is 9.47 Å². The number of H-pyrrole nitrogens is 1. The number of hydrogen-bond acceptors (Lipinski definition) is 3. The predicted molar refractivity (Wildman–Crippen MR) is 63.7 cm³/mol. The van der Waals surface area contributed by atoms with Crippen molar-refractivity contribution in [2.75, 3.05) is 14.2 Å². The first-order chi connectivity index (χ1) is 8.26. The SMILES string of the molecule is COCc1cc(=O)n(-c2ccccc2OC)[nH]1. The second-order valence-corrected chi connectivity index (χ2v) is 3.56. The number of para-hydroxylation sites is 2. The number of ether oxygens (including phenoxy) is 2. The molecule has 0 aliphatic carbocycles. The number of nitrogens with zero attached hydrogens (tertiary/aromatic N) is 1. The third kappa shape index (κ3) is 2.24. The zero-order chi connectivity index (χ0) is 12.3. The molecule has 0 saturated carbocycles. The zero-order valence-corrected chi connectivity index (χ0v) is 9.77. The van der Waals surface area contributed by atoms with Crippen LogP contribution in [0.15, 0.2) is 35.1 Å². The fraction of sp³-hybridized carbons (Fsp3) is 0.250. The van der Waals surface area contributed by atoms with Crippen molar-refractivity contribution >= 4 is 0 Å². The molecular formula is C12H14N2O3. The maximum atomic E-state index is 11.8. The number of hydrogen-bond donors (Lipinski definition) is 1. The van der Waals surface area contributed by atoms with E-state index in [0.29, 0.717) is 18.0 Å². The van der Waals surface area contributed by atoms with Crippen LogP contribution in [0, 0.1) is 0 Å². The summed E-state index contributed by atoms with van der Waals surface area (Å²) in [5, 5.41) is 2.97. The van der Waals surface area contributed by atoms with Crippen molar-refractivity contribution in [3.8, 4) is 11.4 Å². The van der Waals surface area contributed by atoms with E-state index in [4.69, 9.17) is 9.47 Å². The predicted octanol–water partition coefficient (Wildman–Crippen LogP) is 1.32. The summed E-state index contributed by atoms with van der Waals surface area (Å²) in [4.78, 5) is 11.8. The van der Waals surface area contributed by atoms with Crippen molar-refractivity contribution in [3.63, 3.8) is 0 Å². The van der Waals surface area contributed by atoms with Gasteiger partial charge in [0.25, 0.3) is 5.56 Å². The molecule has 90 valence electrons. The van der Waals surface area contributed by atoms with E-state index in [1.807, 2.05) is 18.2 Å². The van der Waals surface area contributed by atoms with Crippen LogP contribution in [0.25, 0.3) is 5.69 Å². The van der Waals surface area contributed by atoms with E-state index in [2.05, 4.69) is 5.10 Å². The van der Waals surface area contributed by atoms with Gasteiger partial charge in [0.1, 0.15) is 11.4 Å². The van der Waals surface area contributed by atoms with Crippen molar-refractivity contribution in [2.45, 2.75) is 6.61 Å². The van der Waals surface area contributed by atoms with Gasteiger partial charge in [-0.25, -0.2) is 4.68 Å². The molecule has 0 unspecified atom stereocenters. The highest BCUT2D eigenvalue weighted by Crippen LogP contribution is 2.19. The molecule has 0 amide bonds. The van der Waals surface area contributed by atoms with Gasteiger partial charge < -0.3 is 9.47 Å². The summed E-state index contributed by atoms with van der Waals surface area (Å²) in [6, 6.07) is 8.83. The maximum Gasteiger partial charge on any atom is 0.271 e. The number of benzene rings is 1. The van der Waals surface area contributed by atoms with Gasteiger partial charge in [-0.3, -0.25) is 9.89 Å². The minimum atomic E-state index is -0.137. The van der Waals surface area contributed by atoms with E-state index in [9.17, 15) is 4.79 Å². The van der Waals surface area contributed by atoms with Crippen molar-refractivity contribution in [1.29, 1.82) is 0 Å². The second kappa shape index (κ2) is 4.88. The van der Waals surface area contributed by atoms with Gasteiger partial charge in [0, 0.05) is 13.2 Å². The van der Waals surface area contributed by atoms with Crippen LogP contribution < -0.4 is 10.3 Å². The van der Waals surface area contributed by atoms with Gasteiger partial charge in [-0.1, -0.05) is 12.1 Å². The van der Waals surface area contributed by atoms with Crippen molar-refractivity contribution in [1.82, 2.24) is 9.78 Å². The summed E-state index contributed by atoms with van der Waals surface area (Å²) in [5.74, 6) is 0.639. The Balaban J connectivity index is 2.49. The van der Waals surface area contributed by atoms with Gasteiger partial charge in [0.2, 0.25) is 0 Å². The lowest BCUT2D eigenvalue weighted by Gasteiger charge is -2.07. The highest BCUT2D eigenvalue weighted by molar-refractivity contribution is 5.45. The van der Waals surface area contributed by atoms with E-state index in [1.165, 1.54) is 10.7 Å². The van der Waals surface area contributed by atoms with Crippen LogP contribution in [0.3, 0.4) is 0 Å². The molecule has 1 heterocycles. The van der Waals surface area contributed by atoms with Gasteiger partial charge in [0.15, 0.2) is 0 Å². The van der Waals surface area contributed by atoms with Crippen LogP contribution in [0.1, 0.15) is 5.69 Å². The molecule has 1 aromatic heterocycles. The largest absolute Gasteiger partial charge is 0.494 e. The normalized spacial score (nSPS) is 10.5. The summed E-state index contributed by atoms with van der Waals surface area (Å²) in [5.41, 5.74) is 1.27. The Morgan fingerprint density at radius 2 is 2.06 bits per heavy atom. The van der Waals surface area contributed by atoms with Crippen LogP contribution >= 0.6 is 0 Å². The molecule has 0 fully saturated rings. The molecule has 2 aromatic rings. The first-order valence-corrected chi connectivity index (χ1v) is 5.19. The van der Waals surface area contributed by atoms with Crippen molar-refractivity contribution in [3.05, 3.63) is 46.4 Å². The van der Waals surface area contributed by atoms with Gasteiger partial charge in [-0.05, 0) is 12.1 Å². The number of rotatable bonds is 4. The molecule has 1 N–H and O–H groups in total. The number of methoxy groups -OCH3 is 2. The summed E-state index contributed by atoms with van der Waals surface area (Å²) in [6.07, 6.45) is 0. The molecule has 0 atom stereocenters. The zero-order valence-electron chi connectivity index (χ0n) is 9.77. The minimum absolute atomic E-state index is 0.137. The van der Waals surface area contributed by atoms with Gasteiger partial charge >= 0.3 is 0 Å². The standard InChI is InChI=1S/C12H14N2O3/c1-16-8-9-7-12(15)14(13-9)10-5-3-4-6-11(10)17-2/h3-7,13H,8H2,1-2H3. The van der Waals surface area contributed by atoms with Crippen LogP contribution in [0.4, 0.5) is 0 Å². The van der Waals surface area contributed by atoms with Crippen LogP contribution in [-0.2, 0) is 11.3 Å². The minimum Gasteiger partial charge on any atom is -0.494 e. The summed E-state index contributed by atoms with van der Waals surface area (Å²) in [6.45, 7) is 0.372. The quantitative estimate of drug-likeness (QED) is 0.868. The number of aromatic nitrogens is 2. The first-order valence-electron chi connectivity index (χ1n) is 5.19. The summed E-state index contributed by atoms with van der Waals surface area (Å²) < 4.78 is 11.6. The fourth-order valence-electron chi connectivity index (χ4n) is 1.67. The van der Waals surface area contributed by atoms with Gasteiger partial charge in [-0.15, -0.1) is 0 Å². The van der Waals surface area contributed by atoms with Crippen molar-refractivity contribution in [2.24, 2.45) is 0 Å². The molecule has 0 saturated heterocycles. The first kappa shape index (κ1) is 11.5. The lowest BCUT2D eigenvalue weighted by Crippen LogP contribution is -2.14. The lowest BCUT2D eigenvalue weighted by atomic mass is 10.3. The molecule has 2 rings (SSSR count). The fourth-order valence-corrected chi connectivity index (χ4v) is 1.67. The topological polar surface area (TPSA) is 56.2 Å². The molecule has 0 aliphatic heterocycles. The Kier molecular flexibility index (Phi) is 3.30.